The summed E-state index contributed by atoms with van der Waals surface area (Å²) >= 11 is 0. The average Bonchev–Trinajstić information content (AvgIpc) is 3.33. The van der Waals surface area contributed by atoms with Gasteiger partial charge in [0, 0.05) is 49.3 Å². The van der Waals surface area contributed by atoms with Gasteiger partial charge in [-0.15, -0.1) is 0 Å². The molecule has 2 aliphatic heterocycles. The molecule has 0 bridgehead atoms. The summed E-state index contributed by atoms with van der Waals surface area (Å²) in [4.78, 5) is 9.71. The summed E-state index contributed by atoms with van der Waals surface area (Å²) in [5, 5.41) is 0. The second-order valence-corrected chi connectivity index (χ2v) is 11.0. The third-order valence-electron chi connectivity index (χ3n) is 8.90. The Morgan fingerprint density at radius 2 is 1.69 bits per heavy atom. The van der Waals surface area contributed by atoms with Crippen molar-refractivity contribution in [3.63, 3.8) is 0 Å². The molecule has 0 aromatic heterocycles. The van der Waals surface area contributed by atoms with Gasteiger partial charge in [-0.1, -0.05) is 54.4 Å². The van der Waals surface area contributed by atoms with Crippen LogP contribution >= 0.6 is 0 Å². The summed E-state index contributed by atoms with van der Waals surface area (Å²) in [6.07, 6.45) is 5.83. The molecule has 0 spiro atoms. The summed E-state index contributed by atoms with van der Waals surface area (Å²) in [6.45, 7) is 19.3. The van der Waals surface area contributed by atoms with Crippen LogP contribution in [0.15, 0.2) is 54.6 Å². The van der Waals surface area contributed by atoms with E-state index in [1.165, 1.54) is 29.8 Å². The van der Waals surface area contributed by atoms with Crippen LogP contribution in [0, 0.1) is 31.2 Å². The maximum Gasteiger partial charge on any atom is 0.265 e. The minimum absolute atomic E-state index is 0.218. The minimum atomic E-state index is -0.456. The van der Waals surface area contributed by atoms with E-state index in [1.54, 1.807) is 0 Å². The molecule has 2 aromatic carbocycles. The number of aryl methyl sites for hydroxylation is 1. The highest BCUT2D eigenvalue weighted by Crippen LogP contribution is 2.52. The number of rotatable bonds is 8. The van der Waals surface area contributed by atoms with E-state index in [1.807, 2.05) is 0 Å². The summed E-state index contributed by atoms with van der Waals surface area (Å²) in [6, 6.07) is 19.7. The molecule has 1 saturated carbocycles. The highest BCUT2D eigenvalue weighted by Gasteiger charge is 2.58. The summed E-state index contributed by atoms with van der Waals surface area (Å²) < 4.78 is 6.23. The molecule has 186 valence electrons. The molecule has 5 rings (SSSR count). The van der Waals surface area contributed by atoms with Gasteiger partial charge < -0.3 is 19.4 Å². The Bertz CT molecular complexity index is 986. The van der Waals surface area contributed by atoms with Crippen molar-refractivity contribution in [3.8, 4) is 0 Å². The van der Waals surface area contributed by atoms with Gasteiger partial charge in [-0.2, -0.15) is 0 Å². The Hall–Kier alpha value is -2.35. The molecule has 4 nitrogen and oxygen atoms in total. The van der Waals surface area contributed by atoms with Crippen LogP contribution in [0.25, 0.3) is 4.85 Å². The molecule has 35 heavy (non-hydrogen) atoms. The molecular formula is C31H41N3O. The highest BCUT2D eigenvalue weighted by molar-refractivity contribution is 5.49. The lowest BCUT2D eigenvalue weighted by Gasteiger charge is -2.46. The van der Waals surface area contributed by atoms with Crippen LogP contribution in [-0.4, -0.2) is 50.3 Å². The lowest BCUT2D eigenvalue weighted by Crippen LogP contribution is -2.54. The Labute approximate surface area is 212 Å². The number of ether oxygens (including phenoxy) is 1. The number of likely N-dealkylation sites (tertiary alicyclic amines) is 1. The zero-order valence-corrected chi connectivity index (χ0v) is 21.5. The smallest absolute Gasteiger partial charge is 0.265 e. The van der Waals surface area contributed by atoms with Crippen molar-refractivity contribution in [2.45, 2.75) is 57.6 Å². The molecule has 0 N–H and O–H groups in total. The highest BCUT2D eigenvalue weighted by atomic mass is 16.5. The van der Waals surface area contributed by atoms with E-state index in [4.69, 9.17) is 11.3 Å². The van der Waals surface area contributed by atoms with Crippen LogP contribution in [-0.2, 0) is 10.3 Å². The first-order chi connectivity index (χ1) is 17.1. The zero-order chi connectivity index (χ0) is 24.3. The van der Waals surface area contributed by atoms with Gasteiger partial charge >= 0.3 is 0 Å². The van der Waals surface area contributed by atoms with E-state index in [2.05, 4.69) is 83.1 Å². The van der Waals surface area contributed by atoms with Gasteiger partial charge in [0.1, 0.15) is 0 Å². The van der Waals surface area contributed by atoms with Crippen LogP contribution in [0.5, 0.6) is 0 Å². The van der Waals surface area contributed by atoms with E-state index in [-0.39, 0.29) is 6.10 Å². The molecule has 3 fully saturated rings. The average molecular weight is 472 g/mol. The van der Waals surface area contributed by atoms with Crippen LogP contribution < -0.4 is 4.90 Å². The fraction of sp³-hybridized carbons (Fsp3) is 0.581. The summed E-state index contributed by atoms with van der Waals surface area (Å²) in [5.41, 5.74) is 3.45. The molecular weight excluding hydrogens is 430 g/mol. The van der Waals surface area contributed by atoms with Gasteiger partial charge in [0.2, 0.25) is 0 Å². The largest absolute Gasteiger partial charge is 0.378 e. The van der Waals surface area contributed by atoms with Crippen LogP contribution in [0.2, 0.25) is 0 Å². The molecule has 0 radical (unpaired) electrons. The van der Waals surface area contributed by atoms with E-state index >= 15 is 0 Å². The number of hydrogen-bond acceptors (Lipinski definition) is 3. The maximum atomic E-state index is 8.54. The first-order valence-electron chi connectivity index (χ1n) is 13.7. The predicted octanol–water partition coefficient (Wildman–Crippen LogP) is 6.16. The monoisotopic (exact) mass is 471 g/mol. The van der Waals surface area contributed by atoms with E-state index in [9.17, 15) is 0 Å². The SMILES string of the molecule is [C-]#[N+][C@@](c1ccccc1)(C1CCN(CC2CN(c3ccc(C)cc3)C2)CC1)[C@H]1CCC[C@@H]1OCC. The lowest BCUT2D eigenvalue weighted by molar-refractivity contribution is -0.00555. The lowest BCUT2D eigenvalue weighted by atomic mass is 9.65. The predicted molar refractivity (Wildman–Crippen MR) is 144 cm³/mol. The van der Waals surface area contributed by atoms with Gasteiger partial charge in [-0.3, -0.25) is 0 Å². The van der Waals surface area contributed by atoms with Gasteiger partial charge in [0.15, 0.2) is 0 Å². The van der Waals surface area contributed by atoms with E-state index in [0.717, 1.165) is 64.4 Å². The van der Waals surface area contributed by atoms with Gasteiger partial charge in [0.25, 0.3) is 5.54 Å². The third kappa shape index (κ3) is 4.86. The fourth-order valence-corrected chi connectivity index (χ4v) is 7.11. The van der Waals surface area contributed by atoms with Crippen molar-refractivity contribution >= 4 is 5.69 Å². The molecule has 2 saturated heterocycles. The number of piperidine rings is 1. The van der Waals surface area contributed by atoms with Crippen molar-refractivity contribution in [2.75, 3.05) is 44.2 Å². The third-order valence-corrected chi connectivity index (χ3v) is 8.90. The first-order valence-corrected chi connectivity index (χ1v) is 13.7. The first kappa shape index (κ1) is 24.3. The molecule has 2 aromatic rings. The van der Waals surface area contributed by atoms with Gasteiger partial charge in [0.05, 0.1) is 12.0 Å². The van der Waals surface area contributed by atoms with Gasteiger partial charge in [-0.05, 0) is 64.8 Å². The van der Waals surface area contributed by atoms with Crippen LogP contribution in [0.1, 0.15) is 50.2 Å². The Kier molecular flexibility index (Phi) is 7.46. The summed E-state index contributed by atoms with van der Waals surface area (Å²) in [5.74, 6) is 1.45. The van der Waals surface area contributed by atoms with Crippen molar-refractivity contribution in [1.82, 2.24) is 4.90 Å². The Morgan fingerprint density at radius 1 is 0.971 bits per heavy atom. The normalized spacial score (nSPS) is 25.7. The minimum Gasteiger partial charge on any atom is -0.378 e. The molecule has 0 unspecified atom stereocenters. The standard InChI is InChI=1S/C31H41N3O/c1-4-35-30-12-8-11-29(30)31(32-3,26-9-6-5-7-10-26)27-17-19-33(20-18-27)21-25-22-34(23-25)28-15-13-24(2)14-16-28/h5-7,9-10,13-16,25,27,29-30H,4,8,11-12,17-23H2,1-2H3/t29-,30-,31-/m0/s1. The van der Waals surface area contributed by atoms with Crippen molar-refractivity contribution in [3.05, 3.63) is 77.1 Å². The number of hydrogen-bond donors (Lipinski definition) is 0. The Morgan fingerprint density at radius 3 is 2.34 bits per heavy atom. The van der Waals surface area contributed by atoms with Gasteiger partial charge in [-0.25, -0.2) is 6.57 Å². The number of benzene rings is 2. The van der Waals surface area contributed by atoms with E-state index < -0.39 is 5.54 Å². The van der Waals surface area contributed by atoms with Crippen LogP contribution in [0.3, 0.4) is 0 Å². The Balaban J connectivity index is 1.24. The maximum absolute atomic E-state index is 8.54. The number of nitrogens with zero attached hydrogens (tertiary/aromatic N) is 3. The summed E-state index contributed by atoms with van der Waals surface area (Å²) in [7, 11) is 0. The zero-order valence-electron chi connectivity index (χ0n) is 21.5. The van der Waals surface area contributed by atoms with Crippen molar-refractivity contribution < 1.29 is 4.74 Å². The quantitative estimate of drug-likeness (QED) is 0.430. The van der Waals surface area contributed by atoms with Crippen molar-refractivity contribution in [2.24, 2.45) is 17.8 Å². The number of anilines is 1. The molecule has 4 heteroatoms. The van der Waals surface area contributed by atoms with Crippen LogP contribution in [0.4, 0.5) is 5.69 Å². The van der Waals surface area contributed by atoms with Crippen molar-refractivity contribution in [1.29, 1.82) is 0 Å². The second-order valence-electron chi connectivity index (χ2n) is 11.0. The second kappa shape index (κ2) is 10.7. The van der Waals surface area contributed by atoms with E-state index in [0.29, 0.717) is 11.8 Å². The molecule has 3 aliphatic rings. The molecule has 3 atom stereocenters. The molecule has 1 aliphatic carbocycles. The fourth-order valence-electron chi connectivity index (χ4n) is 7.11. The molecule has 0 amide bonds. The molecule has 2 heterocycles. The topological polar surface area (TPSA) is 20.1 Å².